The summed E-state index contributed by atoms with van der Waals surface area (Å²) in [6.07, 6.45) is 0.398. The molecule has 1 unspecified atom stereocenters. The third-order valence-electron chi connectivity index (χ3n) is 5.32. The molecule has 2 aromatic carbocycles. The molecule has 0 saturated heterocycles. The largest absolute Gasteiger partial charge is 0.426 e. The fourth-order valence-corrected chi connectivity index (χ4v) is 3.70. The molecule has 0 fully saturated rings. The number of fused-ring (bicyclic) bond motifs is 1. The Bertz CT molecular complexity index is 847. The molecule has 0 spiro atoms. The van der Waals surface area contributed by atoms with Gasteiger partial charge in [-0.3, -0.25) is 4.79 Å². The highest BCUT2D eigenvalue weighted by Gasteiger charge is 2.35. The van der Waals surface area contributed by atoms with Gasteiger partial charge in [-0.1, -0.05) is 77.9 Å². The third kappa shape index (κ3) is 3.42. The lowest BCUT2D eigenvalue weighted by Crippen LogP contribution is -2.27. The van der Waals surface area contributed by atoms with Crippen LogP contribution in [0.15, 0.2) is 36.4 Å². The van der Waals surface area contributed by atoms with Crippen LogP contribution in [-0.2, 0) is 15.6 Å². The Kier molecular flexibility index (Phi) is 4.50. The first kappa shape index (κ1) is 18.7. The zero-order chi connectivity index (χ0) is 19.3. The Morgan fingerprint density at radius 1 is 0.923 bits per heavy atom. The van der Waals surface area contributed by atoms with Gasteiger partial charge in [0.05, 0.1) is 6.42 Å². The standard InChI is InChI=1S/C24H30O2/c1-15-10-8-9-11-17(15)18-14-21(25)26-22-19(18)12-16(23(2,3)4)13-20(22)24(5,6)7/h8-13,18H,14H2,1-7H3. The molecule has 1 atom stereocenters. The smallest absolute Gasteiger partial charge is 0.312 e. The maximum absolute atomic E-state index is 12.5. The van der Waals surface area contributed by atoms with Crippen LogP contribution < -0.4 is 4.74 Å². The first-order valence-electron chi connectivity index (χ1n) is 9.43. The highest BCUT2D eigenvalue weighted by Crippen LogP contribution is 2.46. The average Bonchev–Trinajstić information content (AvgIpc) is 2.51. The van der Waals surface area contributed by atoms with Gasteiger partial charge in [0.2, 0.25) is 0 Å². The molecule has 1 aliphatic rings. The van der Waals surface area contributed by atoms with Crippen molar-refractivity contribution in [1.29, 1.82) is 0 Å². The second kappa shape index (κ2) is 6.26. The van der Waals surface area contributed by atoms with Gasteiger partial charge in [-0.15, -0.1) is 0 Å². The van der Waals surface area contributed by atoms with Crippen LogP contribution in [0.3, 0.4) is 0 Å². The Morgan fingerprint density at radius 2 is 1.58 bits per heavy atom. The predicted molar refractivity (Wildman–Crippen MR) is 107 cm³/mol. The van der Waals surface area contributed by atoms with Crippen LogP contribution in [0.5, 0.6) is 5.75 Å². The molecule has 138 valence electrons. The molecular weight excluding hydrogens is 320 g/mol. The molecule has 0 N–H and O–H groups in total. The van der Waals surface area contributed by atoms with Crippen LogP contribution in [0, 0.1) is 6.92 Å². The predicted octanol–water partition coefficient (Wildman–Crippen LogP) is 6.03. The summed E-state index contributed by atoms with van der Waals surface area (Å²) in [4.78, 5) is 12.5. The molecule has 0 amide bonds. The summed E-state index contributed by atoms with van der Waals surface area (Å²) in [6, 6.07) is 12.9. The molecule has 1 heterocycles. The minimum atomic E-state index is -0.139. The van der Waals surface area contributed by atoms with Gasteiger partial charge in [-0.25, -0.2) is 0 Å². The van der Waals surface area contributed by atoms with Gasteiger partial charge in [0.25, 0.3) is 0 Å². The molecule has 3 rings (SSSR count). The minimum Gasteiger partial charge on any atom is -0.426 e. The van der Waals surface area contributed by atoms with Crippen LogP contribution >= 0.6 is 0 Å². The van der Waals surface area contributed by atoms with E-state index in [4.69, 9.17) is 4.74 Å². The number of benzene rings is 2. The molecule has 26 heavy (non-hydrogen) atoms. The Morgan fingerprint density at radius 3 is 2.15 bits per heavy atom. The Hall–Kier alpha value is -2.09. The summed E-state index contributed by atoms with van der Waals surface area (Å²) in [7, 11) is 0. The SMILES string of the molecule is Cc1ccccc1C1CC(=O)Oc2c1cc(C(C)(C)C)cc2C(C)(C)C. The van der Waals surface area contributed by atoms with E-state index in [0.29, 0.717) is 6.42 Å². The maximum Gasteiger partial charge on any atom is 0.312 e. The summed E-state index contributed by atoms with van der Waals surface area (Å²) in [5.74, 6) is 0.686. The lowest BCUT2D eigenvalue weighted by Gasteiger charge is -2.34. The number of hydrogen-bond acceptors (Lipinski definition) is 2. The molecule has 0 radical (unpaired) electrons. The second-order valence-corrected chi connectivity index (χ2v) is 9.53. The van der Waals surface area contributed by atoms with E-state index in [1.54, 1.807) is 0 Å². The molecule has 0 aromatic heterocycles. The lowest BCUT2D eigenvalue weighted by molar-refractivity contribution is -0.135. The molecular formula is C24H30O2. The number of carbonyl (C=O) groups is 1. The van der Waals surface area contributed by atoms with Gasteiger partial charge in [0, 0.05) is 17.0 Å². The normalized spacial score (nSPS) is 17.7. The van der Waals surface area contributed by atoms with E-state index in [9.17, 15) is 4.79 Å². The highest BCUT2D eigenvalue weighted by molar-refractivity contribution is 5.79. The number of carbonyl (C=O) groups excluding carboxylic acids is 1. The van der Waals surface area contributed by atoms with Crippen molar-refractivity contribution in [2.24, 2.45) is 0 Å². The summed E-state index contributed by atoms with van der Waals surface area (Å²) in [6.45, 7) is 15.4. The maximum atomic E-state index is 12.5. The van der Waals surface area contributed by atoms with Crippen molar-refractivity contribution in [3.8, 4) is 5.75 Å². The topological polar surface area (TPSA) is 26.3 Å². The Labute approximate surface area is 157 Å². The van der Waals surface area contributed by atoms with Crippen LogP contribution in [0.2, 0.25) is 0 Å². The van der Waals surface area contributed by atoms with Crippen molar-refractivity contribution >= 4 is 5.97 Å². The summed E-state index contributed by atoms with van der Waals surface area (Å²) in [5, 5.41) is 0. The van der Waals surface area contributed by atoms with Crippen LogP contribution in [-0.4, -0.2) is 5.97 Å². The fraction of sp³-hybridized carbons (Fsp3) is 0.458. The molecule has 2 nitrogen and oxygen atoms in total. The van der Waals surface area contributed by atoms with Gasteiger partial charge >= 0.3 is 5.97 Å². The average molecular weight is 351 g/mol. The third-order valence-corrected chi connectivity index (χ3v) is 5.32. The number of ether oxygens (including phenoxy) is 1. The van der Waals surface area contributed by atoms with E-state index >= 15 is 0 Å². The Balaban J connectivity index is 2.31. The van der Waals surface area contributed by atoms with Crippen LogP contribution in [0.4, 0.5) is 0 Å². The van der Waals surface area contributed by atoms with E-state index in [1.165, 1.54) is 16.7 Å². The van der Waals surface area contributed by atoms with Gasteiger partial charge < -0.3 is 4.74 Å². The van der Waals surface area contributed by atoms with Crippen molar-refractivity contribution in [2.75, 3.05) is 0 Å². The van der Waals surface area contributed by atoms with Crippen molar-refractivity contribution in [1.82, 2.24) is 0 Å². The molecule has 0 saturated carbocycles. The number of aryl methyl sites for hydroxylation is 1. The van der Waals surface area contributed by atoms with E-state index in [-0.39, 0.29) is 22.7 Å². The molecule has 2 aromatic rings. The van der Waals surface area contributed by atoms with Gasteiger partial charge in [0.15, 0.2) is 0 Å². The van der Waals surface area contributed by atoms with Gasteiger partial charge in [-0.05, 0) is 34.4 Å². The van der Waals surface area contributed by atoms with Crippen molar-refractivity contribution < 1.29 is 9.53 Å². The van der Waals surface area contributed by atoms with E-state index in [2.05, 4.69) is 78.8 Å². The zero-order valence-electron chi connectivity index (χ0n) is 17.1. The van der Waals surface area contributed by atoms with Gasteiger partial charge in [-0.2, -0.15) is 0 Å². The molecule has 1 aliphatic heterocycles. The number of hydrogen-bond donors (Lipinski definition) is 0. The van der Waals surface area contributed by atoms with Crippen molar-refractivity contribution in [2.45, 2.75) is 71.6 Å². The molecule has 2 heteroatoms. The quantitative estimate of drug-likeness (QED) is 0.463. The fourth-order valence-electron chi connectivity index (χ4n) is 3.70. The number of esters is 1. The first-order valence-corrected chi connectivity index (χ1v) is 9.43. The van der Waals surface area contributed by atoms with E-state index < -0.39 is 0 Å². The minimum absolute atomic E-state index is 0.0345. The molecule has 0 bridgehead atoms. The summed E-state index contributed by atoms with van der Waals surface area (Å²) >= 11 is 0. The van der Waals surface area contributed by atoms with Crippen LogP contribution in [0.1, 0.15) is 81.7 Å². The first-order chi connectivity index (χ1) is 12.0. The zero-order valence-corrected chi connectivity index (χ0v) is 17.1. The van der Waals surface area contributed by atoms with Crippen molar-refractivity contribution in [3.63, 3.8) is 0 Å². The summed E-state index contributed by atoms with van der Waals surface area (Å²) in [5.41, 5.74) is 5.93. The lowest BCUT2D eigenvalue weighted by atomic mass is 9.74. The monoisotopic (exact) mass is 350 g/mol. The van der Waals surface area contributed by atoms with E-state index in [1.807, 2.05) is 6.07 Å². The van der Waals surface area contributed by atoms with Gasteiger partial charge in [0.1, 0.15) is 5.75 Å². The molecule has 0 aliphatic carbocycles. The summed E-state index contributed by atoms with van der Waals surface area (Å²) < 4.78 is 5.81. The van der Waals surface area contributed by atoms with E-state index in [0.717, 1.165) is 16.9 Å². The van der Waals surface area contributed by atoms with Crippen molar-refractivity contribution in [3.05, 3.63) is 64.2 Å². The number of rotatable bonds is 1. The second-order valence-electron chi connectivity index (χ2n) is 9.53. The van der Waals surface area contributed by atoms with Crippen LogP contribution in [0.25, 0.3) is 0 Å². The highest BCUT2D eigenvalue weighted by atomic mass is 16.5.